The summed E-state index contributed by atoms with van der Waals surface area (Å²) in [6.45, 7) is 4.06. The third-order valence-corrected chi connectivity index (χ3v) is 13.5. The van der Waals surface area contributed by atoms with E-state index in [2.05, 4.69) is 0 Å². The quantitative estimate of drug-likeness (QED) is 0.242. The number of rotatable bonds is 7. The van der Waals surface area contributed by atoms with E-state index in [1.165, 1.54) is 24.3 Å². The molecule has 1 heterocycles. The number of ketones is 1. The molecule has 2 aromatic rings. The molecule has 1 N–H and O–H groups in total. The summed E-state index contributed by atoms with van der Waals surface area (Å²) >= 11 is 2.12. The number of aliphatic hydroxyl groups is 1. The molecule has 11 heteroatoms. The number of benzene rings is 2. The van der Waals surface area contributed by atoms with Crippen LogP contribution in [0.4, 0.5) is 17.6 Å². The van der Waals surface area contributed by atoms with Crippen molar-refractivity contribution in [2.45, 2.75) is 73.8 Å². The Kier molecular flexibility index (Phi) is 8.35. The van der Waals surface area contributed by atoms with Crippen LogP contribution >= 0.6 is 23.5 Å². The summed E-state index contributed by atoms with van der Waals surface area (Å²) in [5, 5.41) is 12.9. The van der Waals surface area contributed by atoms with Crippen molar-refractivity contribution in [3.63, 3.8) is 0 Å². The van der Waals surface area contributed by atoms with Gasteiger partial charge in [0.15, 0.2) is 17.1 Å². The highest BCUT2D eigenvalue weighted by atomic mass is 32.2. The monoisotopic (exact) mass is 687 g/mol. The summed E-state index contributed by atoms with van der Waals surface area (Å²) < 4.78 is 60.4. The average Bonchev–Trinajstić information content (AvgIpc) is 3.52. The molecular formula is C36H37F4NO4S2. The van der Waals surface area contributed by atoms with Gasteiger partial charge in [0.25, 0.3) is 0 Å². The molecule has 1 aliphatic heterocycles. The van der Waals surface area contributed by atoms with Crippen molar-refractivity contribution in [2.24, 2.45) is 28.6 Å². The number of thioether (sulfide) groups is 2. The normalized spacial score (nSPS) is 39.2. The van der Waals surface area contributed by atoms with Gasteiger partial charge in [-0.1, -0.05) is 49.0 Å². The summed E-state index contributed by atoms with van der Waals surface area (Å²) in [4.78, 5) is 33.7. The lowest BCUT2D eigenvalue weighted by Gasteiger charge is -2.63. The van der Waals surface area contributed by atoms with Crippen molar-refractivity contribution >= 4 is 34.4 Å². The van der Waals surface area contributed by atoms with Crippen molar-refractivity contribution in [3.8, 4) is 0 Å². The van der Waals surface area contributed by atoms with E-state index in [1.54, 1.807) is 35.9 Å². The largest absolute Gasteiger partial charge is 0.390 e. The third kappa shape index (κ3) is 4.93. The van der Waals surface area contributed by atoms with E-state index < -0.39 is 69.0 Å². The summed E-state index contributed by atoms with van der Waals surface area (Å²) in [7, 11) is 0. The molecule has 0 spiro atoms. The van der Waals surface area contributed by atoms with Gasteiger partial charge in [-0.25, -0.2) is 17.6 Å². The molecule has 250 valence electrons. The van der Waals surface area contributed by atoms with Crippen LogP contribution in [-0.2, 0) is 26.7 Å². The van der Waals surface area contributed by atoms with E-state index in [4.69, 9.17) is 4.84 Å². The standard InChI is InChI=1S/C36H37F4NO4S2/c1-33-12-11-25(42)14-29(33)30(39)15-28-27-13-23-18-41(17-21-3-5-22(6-4-21)19-46-26-9-7-24(38)8-10-26)45-36(23,32(44)47-20-37)34(27,2)16-31(43)35(28,33)40/h3-12,14,23,27-28,30-31,43H,13,15-20H2,1-2H3/t23-,27-,28-,30-,31-,33-,34-,35-,36-/m0/s1. The molecule has 4 aliphatic carbocycles. The lowest BCUT2D eigenvalue weighted by Crippen LogP contribution is -2.70. The summed E-state index contributed by atoms with van der Waals surface area (Å²) in [5.41, 5.74) is -4.35. The van der Waals surface area contributed by atoms with E-state index in [0.29, 0.717) is 37.0 Å². The number of fused-ring (bicyclic) bond motifs is 7. The van der Waals surface area contributed by atoms with Gasteiger partial charge in [0.2, 0.25) is 5.12 Å². The number of nitrogens with zero attached hydrogens (tertiary/aromatic N) is 1. The van der Waals surface area contributed by atoms with E-state index in [0.717, 1.165) is 22.1 Å². The molecule has 5 aliphatic rings. The van der Waals surface area contributed by atoms with Crippen molar-refractivity contribution in [1.82, 2.24) is 5.06 Å². The number of aliphatic hydroxyl groups excluding tert-OH is 1. The molecule has 0 amide bonds. The summed E-state index contributed by atoms with van der Waals surface area (Å²) in [5.74, 6) is -1.87. The SMILES string of the molecule is C[C@]12C=CC(=O)C=C1[C@@H](F)C[C@H]1[C@@H]3C[C@H]4CN(Cc5ccc(CSc6ccc(F)cc6)cc5)O[C@@]4(C(=O)SCF)[C@@]3(C)C[C@H](O)[C@@]12F. The predicted octanol–water partition coefficient (Wildman–Crippen LogP) is 7.34. The van der Waals surface area contributed by atoms with Crippen molar-refractivity contribution in [2.75, 3.05) is 12.6 Å². The first-order valence-corrected chi connectivity index (χ1v) is 17.9. The zero-order valence-corrected chi connectivity index (χ0v) is 27.8. The van der Waals surface area contributed by atoms with Crippen LogP contribution in [0.25, 0.3) is 0 Å². The Morgan fingerprint density at radius 1 is 1.06 bits per heavy atom. The minimum Gasteiger partial charge on any atom is -0.390 e. The van der Waals surface area contributed by atoms with Gasteiger partial charge in [-0.05, 0) is 85.2 Å². The molecule has 1 saturated heterocycles. The minimum atomic E-state index is -2.27. The van der Waals surface area contributed by atoms with Crippen LogP contribution in [0.15, 0.2) is 77.2 Å². The van der Waals surface area contributed by atoms with E-state index in [9.17, 15) is 23.5 Å². The van der Waals surface area contributed by atoms with Gasteiger partial charge in [-0.2, -0.15) is 5.06 Å². The number of alkyl halides is 3. The smallest absolute Gasteiger partial charge is 0.226 e. The Bertz CT molecular complexity index is 1640. The lowest BCUT2D eigenvalue weighted by molar-refractivity contribution is -0.266. The maximum absolute atomic E-state index is 17.6. The van der Waals surface area contributed by atoms with Crippen molar-refractivity contribution < 1.29 is 37.1 Å². The first kappa shape index (κ1) is 33.1. The Morgan fingerprint density at radius 3 is 2.47 bits per heavy atom. The van der Waals surface area contributed by atoms with Gasteiger partial charge < -0.3 is 5.11 Å². The van der Waals surface area contributed by atoms with Crippen LogP contribution in [0.1, 0.15) is 44.2 Å². The van der Waals surface area contributed by atoms with Crippen LogP contribution in [-0.4, -0.2) is 57.2 Å². The number of hydroxylamine groups is 2. The van der Waals surface area contributed by atoms with Crippen molar-refractivity contribution in [1.29, 1.82) is 0 Å². The Morgan fingerprint density at radius 2 is 1.77 bits per heavy atom. The van der Waals surface area contributed by atoms with Crippen LogP contribution in [0.3, 0.4) is 0 Å². The first-order valence-electron chi connectivity index (χ1n) is 16.0. The second-order valence-corrected chi connectivity index (χ2v) is 16.0. The van der Waals surface area contributed by atoms with E-state index in [-0.39, 0.29) is 24.2 Å². The second-order valence-electron chi connectivity index (χ2n) is 14.0. The van der Waals surface area contributed by atoms with Crippen LogP contribution < -0.4 is 0 Å². The predicted molar refractivity (Wildman–Crippen MR) is 173 cm³/mol. The summed E-state index contributed by atoms with van der Waals surface area (Å²) in [6, 6.07) is 13.4. The van der Waals surface area contributed by atoms with Crippen LogP contribution in [0.5, 0.6) is 0 Å². The van der Waals surface area contributed by atoms with Crippen LogP contribution in [0.2, 0.25) is 0 Å². The molecule has 0 bridgehead atoms. The number of allylic oxidation sites excluding steroid dienone is 4. The number of hydrogen-bond donors (Lipinski definition) is 1. The van der Waals surface area contributed by atoms with E-state index >= 15 is 8.78 Å². The Labute approximate surface area is 280 Å². The average molecular weight is 688 g/mol. The second kappa shape index (κ2) is 11.9. The van der Waals surface area contributed by atoms with Gasteiger partial charge in [0.05, 0.1) is 6.10 Å². The van der Waals surface area contributed by atoms with Gasteiger partial charge >= 0.3 is 0 Å². The first-order chi connectivity index (χ1) is 22.4. The van der Waals surface area contributed by atoms with Crippen molar-refractivity contribution in [3.05, 3.63) is 89.3 Å². The molecule has 4 fully saturated rings. The molecular weight excluding hydrogens is 651 g/mol. The highest BCUT2D eigenvalue weighted by molar-refractivity contribution is 8.13. The molecule has 9 atom stereocenters. The van der Waals surface area contributed by atoms with Gasteiger partial charge in [-0.15, -0.1) is 11.8 Å². The maximum Gasteiger partial charge on any atom is 0.226 e. The summed E-state index contributed by atoms with van der Waals surface area (Å²) in [6.07, 6.45) is 0.643. The Balaban J connectivity index is 1.13. The van der Waals surface area contributed by atoms with Gasteiger partial charge in [-0.3, -0.25) is 14.4 Å². The topological polar surface area (TPSA) is 66.8 Å². The minimum absolute atomic E-state index is 0.0471. The zero-order valence-electron chi connectivity index (χ0n) is 26.1. The fraction of sp³-hybridized carbons (Fsp3) is 0.500. The fourth-order valence-corrected chi connectivity index (χ4v) is 11.2. The molecule has 2 aromatic carbocycles. The molecule has 0 aromatic heterocycles. The molecule has 7 rings (SSSR count). The maximum atomic E-state index is 17.6. The van der Waals surface area contributed by atoms with Gasteiger partial charge in [0, 0.05) is 46.4 Å². The van der Waals surface area contributed by atoms with Crippen LogP contribution in [0, 0.1) is 34.4 Å². The number of carbonyl (C=O) groups excluding carboxylic acids is 2. The fourth-order valence-electron chi connectivity index (χ4n) is 9.55. The molecule has 5 nitrogen and oxygen atoms in total. The molecule has 3 saturated carbocycles. The zero-order chi connectivity index (χ0) is 33.4. The molecule has 47 heavy (non-hydrogen) atoms. The number of halogens is 4. The van der Waals surface area contributed by atoms with Gasteiger partial charge in [0.1, 0.15) is 18.0 Å². The number of hydrogen-bond acceptors (Lipinski definition) is 7. The highest BCUT2D eigenvalue weighted by Gasteiger charge is 2.79. The molecule has 0 unspecified atom stereocenters. The third-order valence-electron chi connectivity index (χ3n) is 11.8. The van der Waals surface area contributed by atoms with E-state index in [1.807, 2.05) is 31.2 Å². The molecule has 0 radical (unpaired) electrons. The Hall–Kier alpha value is -2.44. The lowest BCUT2D eigenvalue weighted by atomic mass is 9.44. The highest BCUT2D eigenvalue weighted by Crippen LogP contribution is 2.73. The number of carbonyl (C=O) groups is 2.